The minimum absolute atomic E-state index is 0.0182. The van der Waals surface area contributed by atoms with Gasteiger partial charge in [0.1, 0.15) is 5.75 Å². The molecule has 0 saturated carbocycles. The van der Waals surface area contributed by atoms with Crippen LogP contribution in [-0.2, 0) is 14.7 Å². The van der Waals surface area contributed by atoms with Crippen LogP contribution < -0.4 is 4.18 Å². The summed E-state index contributed by atoms with van der Waals surface area (Å²) in [6, 6.07) is 9.03. The van der Waals surface area contributed by atoms with Crippen LogP contribution in [0.4, 0.5) is 16.2 Å². The number of rotatable bonds is 6. The lowest BCUT2D eigenvalue weighted by Gasteiger charge is -2.11. The summed E-state index contributed by atoms with van der Waals surface area (Å²) in [4.78, 5) is 31.8. The van der Waals surface area contributed by atoms with E-state index in [0.29, 0.717) is 0 Å². The smallest absolute Gasteiger partial charge is 0.444 e. The third-order valence-corrected chi connectivity index (χ3v) is 4.74. The molecule has 0 N–H and O–H groups in total. The highest BCUT2D eigenvalue weighted by Crippen LogP contribution is 2.25. The number of carbonyl (C=O) groups excluding carboxylic acids is 1. The quantitative estimate of drug-likeness (QED) is 0.532. The largest absolute Gasteiger partial charge is 0.448 e. The van der Waals surface area contributed by atoms with Crippen molar-refractivity contribution in [3.05, 3.63) is 68.8 Å². The van der Waals surface area contributed by atoms with Gasteiger partial charge in [-0.1, -0.05) is 4.36 Å². The number of ether oxygens (including phenoxy) is 1. The number of benzene rings is 2. The van der Waals surface area contributed by atoms with Crippen LogP contribution in [0.1, 0.15) is 6.92 Å². The van der Waals surface area contributed by atoms with Crippen LogP contribution in [0.3, 0.4) is 0 Å². The Morgan fingerprint density at radius 1 is 1.00 bits per heavy atom. The summed E-state index contributed by atoms with van der Waals surface area (Å²) in [6.07, 6.45) is -1.15. The molecule has 0 bridgehead atoms. The average Bonchev–Trinajstić information content (AvgIpc) is 2.62. The number of nitro groups is 2. The molecule has 0 radical (unpaired) electrons. The van der Waals surface area contributed by atoms with Crippen LogP contribution in [0.2, 0.25) is 0 Å². The summed E-state index contributed by atoms with van der Waals surface area (Å²) in [5.74, 6) is -0.0583. The van der Waals surface area contributed by atoms with E-state index in [9.17, 15) is 29.2 Å². The SMILES string of the molecule is CCOC(=O)N=[S@@](=O)(Oc1ccc([N+](=O)[O-])cc1)c1ccc([N+](=O)[O-])cc1. The Bertz CT molecular complexity index is 979. The number of carbonyl (C=O) groups is 1. The zero-order chi connectivity index (χ0) is 20.0. The number of non-ortho nitro benzene ring substituents is 2. The summed E-state index contributed by atoms with van der Waals surface area (Å²) in [5.41, 5.74) is -0.474. The third-order valence-electron chi connectivity index (χ3n) is 3.06. The lowest BCUT2D eigenvalue weighted by atomic mass is 10.3. The molecular weight excluding hydrogens is 382 g/mol. The van der Waals surface area contributed by atoms with Crippen LogP contribution in [0, 0.1) is 20.2 Å². The summed E-state index contributed by atoms with van der Waals surface area (Å²) in [5, 5.41) is 21.4. The Morgan fingerprint density at radius 2 is 1.48 bits per heavy atom. The summed E-state index contributed by atoms with van der Waals surface area (Å²) < 4.78 is 26.5. The van der Waals surface area contributed by atoms with E-state index in [1.165, 1.54) is 19.1 Å². The van der Waals surface area contributed by atoms with Crippen molar-refractivity contribution in [1.82, 2.24) is 0 Å². The van der Waals surface area contributed by atoms with Gasteiger partial charge in [0.25, 0.3) is 11.4 Å². The van der Waals surface area contributed by atoms with Crippen molar-refractivity contribution in [2.45, 2.75) is 11.8 Å². The van der Waals surface area contributed by atoms with Crippen molar-refractivity contribution < 1.29 is 27.8 Å². The lowest BCUT2D eigenvalue weighted by molar-refractivity contribution is -0.385. The first kappa shape index (κ1) is 19.8. The Morgan fingerprint density at radius 3 is 1.93 bits per heavy atom. The van der Waals surface area contributed by atoms with E-state index in [1.54, 1.807) is 0 Å². The molecular formula is C15H13N3O8S. The van der Waals surface area contributed by atoms with Gasteiger partial charge in [-0.15, -0.1) is 0 Å². The fraction of sp³-hybridized carbons (Fsp3) is 0.133. The first-order valence-electron chi connectivity index (χ1n) is 7.37. The van der Waals surface area contributed by atoms with Gasteiger partial charge < -0.3 is 8.92 Å². The predicted octanol–water partition coefficient (Wildman–Crippen LogP) is 3.48. The second kappa shape index (κ2) is 8.23. The summed E-state index contributed by atoms with van der Waals surface area (Å²) in [7, 11) is -3.86. The van der Waals surface area contributed by atoms with E-state index >= 15 is 0 Å². The maximum atomic E-state index is 13.1. The Labute approximate surface area is 153 Å². The summed E-state index contributed by atoms with van der Waals surface area (Å²) in [6.45, 7) is 1.51. The number of hydrogen-bond donors (Lipinski definition) is 0. The van der Waals surface area contributed by atoms with E-state index in [4.69, 9.17) is 4.18 Å². The van der Waals surface area contributed by atoms with Gasteiger partial charge in [-0.3, -0.25) is 20.2 Å². The van der Waals surface area contributed by atoms with E-state index < -0.39 is 25.9 Å². The standard InChI is InChI=1S/C15H13N3O8S/c1-2-25-15(19)16-27(24,14-9-5-12(6-10-14)18(22)23)26-13-7-3-11(4-8-13)17(20)21/h3-10H,2H2,1H3/t27-/m0/s1. The molecule has 0 fully saturated rings. The van der Waals surface area contributed by atoms with Crippen molar-refractivity contribution in [3.8, 4) is 5.75 Å². The Hall–Kier alpha value is -3.54. The average molecular weight is 395 g/mol. The molecule has 2 aromatic carbocycles. The maximum absolute atomic E-state index is 13.1. The predicted molar refractivity (Wildman–Crippen MR) is 92.7 cm³/mol. The van der Waals surface area contributed by atoms with Crippen LogP contribution in [0.5, 0.6) is 5.75 Å². The molecule has 0 aliphatic carbocycles. The number of nitro benzene ring substituents is 2. The minimum Gasteiger partial charge on any atom is -0.448 e. The van der Waals surface area contributed by atoms with Gasteiger partial charge in [-0.05, 0) is 31.2 Å². The highest BCUT2D eigenvalue weighted by atomic mass is 32.2. The number of amides is 1. The zero-order valence-electron chi connectivity index (χ0n) is 13.8. The molecule has 0 aromatic heterocycles. The molecule has 0 unspecified atom stereocenters. The molecule has 0 heterocycles. The fourth-order valence-electron chi connectivity index (χ4n) is 1.86. The third kappa shape index (κ3) is 4.98. The number of nitrogens with zero attached hydrogens (tertiary/aromatic N) is 3. The van der Waals surface area contributed by atoms with Gasteiger partial charge in [0.2, 0.25) is 10.0 Å². The van der Waals surface area contributed by atoms with Gasteiger partial charge in [0.05, 0.1) is 21.3 Å². The second-order valence-electron chi connectivity index (χ2n) is 4.85. The topological polar surface area (TPSA) is 151 Å². The molecule has 0 aliphatic rings. The molecule has 1 atom stereocenters. The van der Waals surface area contributed by atoms with Gasteiger partial charge >= 0.3 is 6.09 Å². The second-order valence-corrected chi connectivity index (χ2v) is 6.62. The molecule has 142 valence electrons. The van der Waals surface area contributed by atoms with Crippen molar-refractivity contribution >= 4 is 27.5 Å². The first-order chi connectivity index (χ1) is 12.7. The van der Waals surface area contributed by atoms with Crippen molar-refractivity contribution in [2.75, 3.05) is 6.61 Å². The van der Waals surface area contributed by atoms with Gasteiger partial charge in [-0.25, -0.2) is 9.00 Å². The van der Waals surface area contributed by atoms with E-state index in [1.807, 2.05) is 0 Å². The highest BCUT2D eigenvalue weighted by Gasteiger charge is 2.20. The van der Waals surface area contributed by atoms with Crippen LogP contribution >= 0.6 is 0 Å². The molecule has 12 heteroatoms. The maximum Gasteiger partial charge on any atom is 0.444 e. The van der Waals surface area contributed by atoms with Crippen LogP contribution in [0.25, 0.3) is 0 Å². The monoisotopic (exact) mass is 395 g/mol. The van der Waals surface area contributed by atoms with Gasteiger partial charge in [0.15, 0.2) is 0 Å². The van der Waals surface area contributed by atoms with E-state index in [2.05, 4.69) is 9.10 Å². The minimum atomic E-state index is -3.86. The van der Waals surface area contributed by atoms with E-state index in [-0.39, 0.29) is 28.6 Å². The Kier molecular flexibility index (Phi) is 6.03. The highest BCUT2D eigenvalue weighted by molar-refractivity contribution is 7.89. The molecule has 0 spiro atoms. The van der Waals surface area contributed by atoms with Crippen molar-refractivity contribution in [1.29, 1.82) is 0 Å². The molecule has 0 aliphatic heterocycles. The molecule has 0 saturated heterocycles. The van der Waals surface area contributed by atoms with Gasteiger partial charge in [0, 0.05) is 24.3 Å². The zero-order valence-corrected chi connectivity index (χ0v) is 14.7. The summed E-state index contributed by atoms with van der Waals surface area (Å²) >= 11 is 0. The van der Waals surface area contributed by atoms with Gasteiger partial charge in [-0.2, -0.15) is 0 Å². The van der Waals surface area contributed by atoms with Crippen molar-refractivity contribution in [3.63, 3.8) is 0 Å². The molecule has 2 rings (SSSR count). The molecule has 1 amide bonds. The first-order valence-corrected chi connectivity index (χ1v) is 8.81. The van der Waals surface area contributed by atoms with Crippen molar-refractivity contribution in [2.24, 2.45) is 4.36 Å². The molecule has 2 aromatic rings. The van der Waals surface area contributed by atoms with Crippen LogP contribution in [0.15, 0.2) is 57.8 Å². The Balaban J connectivity index is 2.46. The molecule has 27 heavy (non-hydrogen) atoms. The molecule has 11 nitrogen and oxygen atoms in total. The van der Waals surface area contributed by atoms with Crippen LogP contribution in [-0.4, -0.2) is 26.8 Å². The number of hydrogen-bond acceptors (Lipinski definition) is 8. The lowest BCUT2D eigenvalue weighted by Crippen LogP contribution is -2.13. The van der Waals surface area contributed by atoms with E-state index in [0.717, 1.165) is 36.4 Å². The fourth-order valence-corrected chi connectivity index (χ4v) is 3.20. The normalized spacial score (nSPS) is 12.5.